The number of hydrazine groups is 1. The van der Waals surface area contributed by atoms with Crippen LogP contribution in [0, 0.1) is 13.8 Å². The third-order valence-corrected chi connectivity index (χ3v) is 6.59. The number of aliphatic hydroxyl groups is 1. The minimum absolute atomic E-state index is 0.234. The molecule has 0 bridgehead atoms. The first-order valence-electron chi connectivity index (χ1n) is 11.7. The number of benzene rings is 2. The van der Waals surface area contributed by atoms with Gasteiger partial charge in [-0.1, -0.05) is 18.2 Å². The van der Waals surface area contributed by atoms with Crippen molar-refractivity contribution < 1.29 is 19.5 Å². The Labute approximate surface area is 213 Å². The van der Waals surface area contributed by atoms with E-state index in [1.807, 2.05) is 32.0 Å². The summed E-state index contributed by atoms with van der Waals surface area (Å²) in [5.74, 6) is 0.0118. The van der Waals surface area contributed by atoms with Crippen LogP contribution in [0.2, 0.25) is 0 Å². The number of carbonyl (C=O) groups is 3. The second-order valence-corrected chi connectivity index (χ2v) is 9.02. The van der Waals surface area contributed by atoms with Gasteiger partial charge in [0.05, 0.1) is 0 Å². The number of hydrogen-bond donors (Lipinski definition) is 3. The number of hydrogen-bond acceptors (Lipinski definition) is 6. The van der Waals surface area contributed by atoms with Crippen LogP contribution in [0.3, 0.4) is 0 Å². The van der Waals surface area contributed by atoms with Crippen LogP contribution < -0.4 is 25.9 Å². The van der Waals surface area contributed by atoms with Gasteiger partial charge in [-0.05, 0) is 66.9 Å². The first-order valence-corrected chi connectivity index (χ1v) is 11.7. The molecule has 2 aliphatic heterocycles. The molecule has 2 fully saturated rings. The fourth-order valence-corrected chi connectivity index (χ4v) is 4.69. The molecule has 5 amide bonds. The fourth-order valence-electron chi connectivity index (χ4n) is 4.69. The molecule has 3 heterocycles. The highest BCUT2D eigenvalue weighted by Crippen LogP contribution is 2.34. The van der Waals surface area contributed by atoms with Crippen molar-refractivity contribution in [1.82, 2.24) is 15.4 Å². The molecule has 1 atom stereocenters. The zero-order chi connectivity index (χ0) is 26.4. The monoisotopic (exact) mass is 501 g/mol. The number of rotatable bonds is 5. The maximum absolute atomic E-state index is 13.4. The molecule has 11 nitrogen and oxygen atoms in total. The van der Waals surface area contributed by atoms with Gasteiger partial charge < -0.3 is 10.8 Å². The molecule has 5 rings (SSSR count). The highest BCUT2D eigenvalue weighted by atomic mass is 16.3. The summed E-state index contributed by atoms with van der Waals surface area (Å²) in [5, 5.41) is 11.4. The highest BCUT2D eigenvalue weighted by Gasteiger charge is 2.35. The van der Waals surface area contributed by atoms with E-state index in [0.717, 1.165) is 22.4 Å². The molecule has 1 unspecified atom stereocenters. The second kappa shape index (κ2) is 9.19. The van der Waals surface area contributed by atoms with E-state index in [0.29, 0.717) is 35.8 Å². The molecule has 3 aromatic rings. The Kier molecular flexibility index (Phi) is 6.02. The van der Waals surface area contributed by atoms with Crippen LogP contribution in [-0.4, -0.2) is 59.6 Å². The van der Waals surface area contributed by atoms with Crippen molar-refractivity contribution in [2.45, 2.75) is 20.2 Å². The van der Waals surface area contributed by atoms with Crippen LogP contribution >= 0.6 is 0 Å². The molecule has 0 saturated carbocycles. The molecular formula is C26H27N7O4. The molecule has 1 aromatic heterocycles. The molecule has 37 heavy (non-hydrogen) atoms. The topological polar surface area (TPSA) is 135 Å². The lowest BCUT2D eigenvalue weighted by molar-refractivity contribution is 0.1000. The quantitative estimate of drug-likeness (QED) is 0.492. The van der Waals surface area contributed by atoms with E-state index in [9.17, 15) is 19.5 Å². The smallest absolute Gasteiger partial charge is 0.341 e. The maximum atomic E-state index is 13.4. The van der Waals surface area contributed by atoms with Gasteiger partial charge in [0.2, 0.25) is 12.3 Å². The summed E-state index contributed by atoms with van der Waals surface area (Å²) in [6.07, 6.45) is -1.15. The van der Waals surface area contributed by atoms with Crippen molar-refractivity contribution >= 4 is 35.2 Å². The first kappa shape index (κ1) is 24.2. The molecule has 2 aliphatic rings. The van der Waals surface area contributed by atoms with Crippen LogP contribution in [0.1, 0.15) is 21.6 Å². The van der Waals surface area contributed by atoms with E-state index in [-0.39, 0.29) is 12.1 Å². The van der Waals surface area contributed by atoms with Crippen molar-refractivity contribution in [2.75, 3.05) is 34.8 Å². The number of nitrogens with zero attached hydrogens (tertiary/aromatic N) is 5. The van der Waals surface area contributed by atoms with Gasteiger partial charge in [0.25, 0.3) is 0 Å². The van der Waals surface area contributed by atoms with Crippen LogP contribution in [0.25, 0.3) is 11.1 Å². The molecule has 190 valence electrons. The fraction of sp³-hybridized carbons (Fsp3) is 0.231. The highest BCUT2D eigenvalue weighted by molar-refractivity contribution is 6.07. The average molecular weight is 502 g/mol. The third kappa shape index (κ3) is 4.24. The summed E-state index contributed by atoms with van der Waals surface area (Å²) < 4.78 is 0. The van der Waals surface area contributed by atoms with Gasteiger partial charge in [0.1, 0.15) is 5.82 Å². The molecule has 2 aromatic carbocycles. The van der Waals surface area contributed by atoms with Gasteiger partial charge in [0, 0.05) is 42.8 Å². The van der Waals surface area contributed by atoms with E-state index in [1.165, 1.54) is 9.91 Å². The van der Waals surface area contributed by atoms with Crippen molar-refractivity contribution in [3.05, 3.63) is 71.4 Å². The molecule has 11 heteroatoms. The lowest BCUT2D eigenvalue weighted by atomic mass is 10.00. The van der Waals surface area contributed by atoms with Crippen molar-refractivity contribution in [3.63, 3.8) is 0 Å². The van der Waals surface area contributed by atoms with Gasteiger partial charge in [-0.25, -0.2) is 14.6 Å². The standard InChI is InChI=1S/C26H27N7O4/c1-15-13-21(17-7-9-19(10-8-17)33-24(35)29-30(3)25(33)36)16(2)23(28-15)32-12-11-31(26(32)37)20-6-4-5-18(14-20)22(27)34/h4-10,13-14,24,29,35H,11-12H2,1-3H3,(H2,27,34). The largest absolute Gasteiger partial charge is 0.366 e. The molecule has 0 spiro atoms. The van der Waals surface area contributed by atoms with Crippen molar-refractivity contribution in [1.29, 1.82) is 0 Å². The number of urea groups is 2. The maximum Gasteiger partial charge on any atom is 0.341 e. The van der Waals surface area contributed by atoms with E-state index < -0.39 is 12.3 Å². The number of pyridine rings is 1. The number of aliphatic hydroxyl groups excluding tert-OH is 1. The lowest BCUT2D eigenvalue weighted by Crippen LogP contribution is -2.36. The molecule has 0 radical (unpaired) electrons. The molecular weight excluding hydrogens is 474 g/mol. The minimum atomic E-state index is -1.15. The van der Waals surface area contributed by atoms with E-state index in [1.54, 1.807) is 53.2 Å². The summed E-state index contributed by atoms with van der Waals surface area (Å²) in [6, 6.07) is 15.3. The third-order valence-electron chi connectivity index (χ3n) is 6.59. The number of primary amides is 1. The number of nitrogens with two attached hydrogens (primary N) is 1. The summed E-state index contributed by atoms with van der Waals surface area (Å²) >= 11 is 0. The Hall–Kier alpha value is -4.48. The number of carbonyl (C=O) groups excluding carboxylic acids is 3. The van der Waals surface area contributed by atoms with E-state index in [4.69, 9.17) is 5.73 Å². The van der Waals surface area contributed by atoms with E-state index >= 15 is 0 Å². The normalized spacial score (nSPS) is 17.8. The number of anilines is 3. The molecule has 2 saturated heterocycles. The zero-order valence-electron chi connectivity index (χ0n) is 20.7. The average Bonchev–Trinajstić information content (AvgIpc) is 3.38. The zero-order valence-corrected chi connectivity index (χ0v) is 20.7. The van der Waals surface area contributed by atoms with Crippen LogP contribution in [0.4, 0.5) is 26.8 Å². The summed E-state index contributed by atoms with van der Waals surface area (Å²) in [7, 11) is 1.54. The molecule has 4 N–H and O–H groups in total. The number of aromatic nitrogens is 1. The first-order chi connectivity index (χ1) is 17.7. The van der Waals surface area contributed by atoms with Gasteiger partial charge in [-0.2, -0.15) is 5.43 Å². The minimum Gasteiger partial charge on any atom is -0.366 e. The van der Waals surface area contributed by atoms with Crippen molar-refractivity contribution in [2.24, 2.45) is 5.73 Å². The Morgan fingerprint density at radius 3 is 2.35 bits per heavy atom. The Balaban J connectivity index is 1.44. The summed E-state index contributed by atoms with van der Waals surface area (Å²) in [5.41, 5.74) is 12.9. The SMILES string of the molecule is Cc1cc(-c2ccc(N3C(=O)N(C)NC3O)cc2)c(C)c(N2CCN(c3cccc(C(N)=O)c3)C2=O)n1. The van der Waals surface area contributed by atoms with E-state index in [2.05, 4.69) is 10.4 Å². The van der Waals surface area contributed by atoms with Gasteiger partial charge >= 0.3 is 12.1 Å². The lowest BCUT2D eigenvalue weighted by Gasteiger charge is -2.22. The van der Waals surface area contributed by atoms with Crippen LogP contribution in [0.5, 0.6) is 0 Å². The Bertz CT molecular complexity index is 1410. The van der Waals surface area contributed by atoms with Gasteiger partial charge in [-0.15, -0.1) is 0 Å². The Morgan fingerprint density at radius 2 is 1.70 bits per heavy atom. The van der Waals surface area contributed by atoms with Crippen molar-refractivity contribution in [3.8, 4) is 11.1 Å². The number of aryl methyl sites for hydroxylation is 1. The van der Waals surface area contributed by atoms with Crippen LogP contribution in [-0.2, 0) is 0 Å². The number of nitrogens with one attached hydrogen (secondary N) is 1. The van der Waals surface area contributed by atoms with Gasteiger partial charge in [0.15, 0.2) is 0 Å². The van der Waals surface area contributed by atoms with Crippen LogP contribution in [0.15, 0.2) is 54.6 Å². The summed E-state index contributed by atoms with van der Waals surface area (Å²) in [4.78, 5) is 46.5. The number of amides is 5. The summed E-state index contributed by atoms with van der Waals surface area (Å²) in [6.45, 7) is 4.66. The molecule has 0 aliphatic carbocycles. The predicted octanol–water partition coefficient (Wildman–Crippen LogP) is 2.56. The van der Waals surface area contributed by atoms with Gasteiger partial charge in [-0.3, -0.25) is 24.5 Å². The second-order valence-electron chi connectivity index (χ2n) is 9.02. The predicted molar refractivity (Wildman–Crippen MR) is 139 cm³/mol. The Morgan fingerprint density at radius 1 is 1.00 bits per heavy atom.